The van der Waals surface area contributed by atoms with Crippen molar-refractivity contribution in [2.75, 3.05) is 13.1 Å². The molecular weight excluding hydrogens is 228 g/mol. The molecule has 4 heteroatoms. The number of nitrogens with one attached hydrogen (secondary N) is 1. The van der Waals surface area contributed by atoms with E-state index in [0.717, 1.165) is 38.0 Å². The lowest BCUT2D eigenvalue weighted by Crippen LogP contribution is -2.49. The van der Waals surface area contributed by atoms with E-state index in [1.165, 1.54) is 0 Å². The van der Waals surface area contributed by atoms with Gasteiger partial charge in [-0.25, -0.2) is 0 Å². The minimum absolute atomic E-state index is 0.0247. The van der Waals surface area contributed by atoms with E-state index in [4.69, 9.17) is 10.5 Å². The van der Waals surface area contributed by atoms with E-state index in [1.54, 1.807) is 0 Å². The molecular formula is C14H28N2O2. The van der Waals surface area contributed by atoms with E-state index < -0.39 is 6.10 Å². The number of ether oxygens (including phenoxy) is 1. The molecule has 0 saturated heterocycles. The maximum atomic E-state index is 11.8. The first-order chi connectivity index (χ1) is 8.53. The summed E-state index contributed by atoms with van der Waals surface area (Å²) in [6.07, 6.45) is 4.75. The number of nitrogens with two attached hydrogens (primary N) is 1. The first kappa shape index (κ1) is 15.4. The Morgan fingerprint density at radius 2 is 2.11 bits per heavy atom. The van der Waals surface area contributed by atoms with Crippen LogP contribution in [-0.2, 0) is 9.53 Å². The summed E-state index contributed by atoms with van der Waals surface area (Å²) in [5.41, 5.74) is 5.59. The van der Waals surface area contributed by atoms with Crippen molar-refractivity contribution in [3.8, 4) is 0 Å². The SMILES string of the molecule is CCCNC(=O)C(C)OC1(CN)CCC(C)CC1. The maximum Gasteiger partial charge on any atom is 0.248 e. The van der Waals surface area contributed by atoms with Crippen molar-refractivity contribution in [2.24, 2.45) is 11.7 Å². The molecule has 1 fully saturated rings. The van der Waals surface area contributed by atoms with Gasteiger partial charge in [-0.3, -0.25) is 4.79 Å². The molecule has 18 heavy (non-hydrogen) atoms. The first-order valence-electron chi connectivity index (χ1n) is 7.18. The Labute approximate surface area is 111 Å². The fraction of sp³-hybridized carbons (Fsp3) is 0.929. The summed E-state index contributed by atoms with van der Waals surface area (Å²) in [7, 11) is 0. The van der Waals surface area contributed by atoms with Crippen LogP contribution in [0.2, 0.25) is 0 Å². The van der Waals surface area contributed by atoms with Gasteiger partial charge < -0.3 is 15.8 Å². The Morgan fingerprint density at radius 3 is 2.61 bits per heavy atom. The number of carbonyl (C=O) groups excluding carboxylic acids is 1. The van der Waals surface area contributed by atoms with Crippen LogP contribution in [0, 0.1) is 5.92 Å². The molecule has 1 saturated carbocycles. The molecule has 3 N–H and O–H groups in total. The molecule has 0 heterocycles. The molecule has 106 valence electrons. The van der Waals surface area contributed by atoms with E-state index >= 15 is 0 Å². The zero-order chi connectivity index (χ0) is 13.6. The van der Waals surface area contributed by atoms with E-state index in [-0.39, 0.29) is 11.5 Å². The van der Waals surface area contributed by atoms with Crippen molar-refractivity contribution >= 4 is 5.91 Å². The van der Waals surface area contributed by atoms with Crippen molar-refractivity contribution in [3.63, 3.8) is 0 Å². The lowest BCUT2D eigenvalue weighted by atomic mass is 9.79. The minimum atomic E-state index is -0.409. The molecule has 1 unspecified atom stereocenters. The molecule has 4 nitrogen and oxygen atoms in total. The minimum Gasteiger partial charge on any atom is -0.361 e. The summed E-state index contributed by atoms with van der Waals surface area (Å²) in [4.78, 5) is 11.8. The summed E-state index contributed by atoms with van der Waals surface area (Å²) in [5, 5.41) is 2.87. The Kier molecular flexibility index (Phi) is 6.09. The maximum absolute atomic E-state index is 11.8. The Bertz CT molecular complexity index is 261. The van der Waals surface area contributed by atoms with E-state index in [0.29, 0.717) is 13.1 Å². The quantitative estimate of drug-likeness (QED) is 0.762. The van der Waals surface area contributed by atoms with Crippen LogP contribution < -0.4 is 11.1 Å². The molecule has 1 atom stereocenters. The number of carbonyl (C=O) groups is 1. The van der Waals surface area contributed by atoms with E-state index in [9.17, 15) is 4.79 Å². The van der Waals surface area contributed by atoms with Crippen LogP contribution in [0.25, 0.3) is 0 Å². The smallest absolute Gasteiger partial charge is 0.248 e. The van der Waals surface area contributed by atoms with Crippen molar-refractivity contribution in [2.45, 2.75) is 64.6 Å². The molecule has 0 aromatic carbocycles. The predicted octanol–water partition coefficient (Wildman–Crippen LogP) is 1.83. The third kappa shape index (κ3) is 4.25. The third-order valence-corrected chi connectivity index (χ3v) is 3.90. The second-order valence-corrected chi connectivity index (χ2v) is 5.62. The molecule has 0 aromatic rings. The fourth-order valence-electron chi connectivity index (χ4n) is 2.48. The monoisotopic (exact) mass is 256 g/mol. The van der Waals surface area contributed by atoms with Crippen LogP contribution in [0.1, 0.15) is 52.9 Å². The van der Waals surface area contributed by atoms with Gasteiger partial charge in [0.25, 0.3) is 0 Å². The van der Waals surface area contributed by atoms with Crippen LogP contribution >= 0.6 is 0 Å². The standard InChI is InChI=1S/C14H28N2O2/c1-4-9-16-13(17)12(3)18-14(10-15)7-5-11(2)6-8-14/h11-12H,4-10,15H2,1-3H3,(H,16,17). The lowest BCUT2D eigenvalue weighted by molar-refractivity contribution is -0.150. The molecule has 1 aliphatic carbocycles. The van der Waals surface area contributed by atoms with Crippen LogP contribution in [0.5, 0.6) is 0 Å². The summed E-state index contributed by atoms with van der Waals surface area (Å²) in [5.74, 6) is 0.723. The summed E-state index contributed by atoms with van der Waals surface area (Å²) in [6.45, 7) is 7.33. The average molecular weight is 256 g/mol. The number of hydrogen-bond acceptors (Lipinski definition) is 3. The number of hydrogen-bond donors (Lipinski definition) is 2. The Hall–Kier alpha value is -0.610. The molecule has 0 spiro atoms. The molecule has 1 amide bonds. The van der Waals surface area contributed by atoms with Crippen LogP contribution in [0.3, 0.4) is 0 Å². The molecule has 1 rings (SSSR count). The highest BCUT2D eigenvalue weighted by atomic mass is 16.5. The Morgan fingerprint density at radius 1 is 1.50 bits per heavy atom. The third-order valence-electron chi connectivity index (χ3n) is 3.90. The molecule has 1 aliphatic rings. The normalized spacial score (nSPS) is 29.9. The second-order valence-electron chi connectivity index (χ2n) is 5.62. The van der Waals surface area contributed by atoms with Gasteiger partial charge in [0.05, 0.1) is 5.60 Å². The fourth-order valence-corrected chi connectivity index (χ4v) is 2.48. The highest BCUT2D eigenvalue weighted by Crippen LogP contribution is 2.34. The van der Waals surface area contributed by atoms with E-state index in [1.807, 2.05) is 13.8 Å². The first-order valence-corrected chi connectivity index (χ1v) is 7.18. The van der Waals surface area contributed by atoms with Gasteiger partial charge in [-0.1, -0.05) is 13.8 Å². The van der Waals surface area contributed by atoms with Crippen molar-refractivity contribution < 1.29 is 9.53 Å². The van der Waals surface area contributed by atoms with Crippen molar-refractivity contribution in [1.82, 2.24) is 5.32 Å². The Balaban J connectivity index is 2.49. The number of amides is 1. The van der Waals surface area contributed by atoms with Crippen LogP contribution in [0.15, 0.2) is 0 Å². The van der Waals surface area contributed by atoms with Gasteiger partial charge in [-0.05, 0) is 44.9 Å². The van der Waals surface area contributed by atoms with Gasteiger partial charge in [0.2, 0.25) is 5.91 Å². The lowest BCUT2D eigenvalue weighted by Gasteiger charge is -2.40. The topological polar surface area (TPSA) is 64.3 Å². The summed E-state index contributed by atoms with van der Waals surface area (Å²) in [6, 6.07) is 0. The van der Waals surface area contributed by atoms with Gasteiger partial charge in [-0.15, -0.1) is 0 Å². The molecule has 0 bridgehead atoms. The largest absolute Gasteiger partial charge is 0.361 e. The highest BCUT2D eigenvalue weighted by Gasteiger charge is 2.36. The average Bonchev–Trinajstić information content (AvgIpc) is 2.38. The summed E-state index contributed by atoms with van der Waals surface area (Å²) >= 11 is 0. The number of rotatable bonds is 6. The van der Waals surface area contributed by atoms with Crippen LogP contribution in [0.4, 0.5) is 0 Å². The predicted molar refractivity (Wildman–Crippen MR) is 73.3 cm³/mol. The van der Waals surface area contributed by atoms with E-state index in [2.05, 4.69) is 12.2 Å². The van der Waals surface area contributed by atoms with Crippen molar-refractivity contribution in [3.05, 3.63) is 0 Å². The van der Waals surface area contributed by atoms with Gasteiger partial charge in [0.1, 0.15) is 6.10 Å². The molecule has 0 aliphatic heterocycles. The second kappa shape index (κ2) is 7.10. The van der Waals surface area contributed by atoms with Gasteiger partial charge in [0.15, 0.2) is 0 Å². The zero-order valence-corrected chi connectivity index (χ0v) is 12.0. The van der Waals surface area contributed by atoms with Gasteiger partial charge >= 0.3 is 0 Å². The zero-order valence-electron chi connectivity index (χ0n) is 12.0. The highest BCUT2D eigenvalue weighted by molar-refractivity contribution is 5.80. The van der Waals surface area contributed by atoms with Crippen LogP contribution in [-0.4, -0.2) is 30.7 Å². The van der Waals surface area contributed by atoms with Gasteiger partial charge in [0, 0.05) is 13.1 Å². The molecule has 0 aromatic heterocycles. The van der Waals surface area contributed by atoms with Gasteiger partial charge in [-0.2, -0.15) is 0 Å². The van der Waals surface area contributed by atoms with Crippen molar-refractivity contribution in [1.29, 1.82) is 0 Å². The summed E-state index contributed by atoms with van der Waals surface area (Å²) < 4.78 is 6.00. The molecule has 0 radical (unpaired) electrons.